The number of carbonyl (C=O) groups is 1. The van der Waals surface area contributed by atoms with Gasteiger partial charge in [-0.15, -0.1) is 0 Å². The topological polar surface area (TPSA) is 89.1 Å². The van der Waals surface area contributed by atoms with Crippen molar-refractivity contribution in [2.75, 3.05) is 14.2 Å². The first-order valence-electron chi connectivity index (χ1n) is 12.0. The highest BCUT2D eigenvalue weighted by atomic mass is 16.5. The summed E-state index contributed by atoms with van der Waals surface area (Å²) >= 11 is 0. The summed E-state index contributed by atoms with van der Waals surface area (Å²) in [6, 6.07) is 23.5. The van der Waals surface area contributed by atoms with Crippen LogP contribution in [0.1, 0.15) is 27.0 Å². The number of aromatic nitrogens is 3. The number of hydrogen-bond acceptors (Lipinski definition) is 5. The minimum absolute atomic E-state index is 0.204. The molecule has 0 saturated carbocycles. The quantitative estimate of drug-likeness (QED) is 0.297. The van der Waals surface area contributed by atoms with Crippen molar-refractivity contribution in [2.24, 2.45) is 0 Å². The van der Waals surface area contributed by atoms with Crippen molar-refractivity contribution in [3.8, 4) is 34.0 Å². The third-order valence-corrected chi connectivity index (χ3v) is 6.36. The van der Waals surface area contributed by atoms with Gasteiger partial charge in [-0.3, -0.25) is 9.89 Å². The molecular weight excluding hydrogens is 464 g/mol. The van der Waals surface area contributed by atoms with Gasteiger partial charge in [0.2, 0.25) is 0 Å². The summed E-state index contributed by atoms with van der Waals surface area (Å²) in [5.74, 6) is 0.990. The van der Waals surface area contributed by atoms with Crippen molar-refractivity contribution in [3.63, 3.8) is 0 Å². The van der Waals surface area contributed by atoms with E-state index in [-0.39, 0.29) is 5.91 Å². The van der Waals surface area contributed by atoms with Gasteiger partial charge < -0.3 is 14.8 Å². The lowest BCUT2D eigenvalue weighted by atomic mass is 10.0. The van der Waals surface area contributed by atoms with Gasteiger partial charge in [-0.25, -0.2) is 4.98 Å². The van der Waals surface area contributed by atoms with Crippen LogP contribution < -0.4 is 14.8 Å². The molecule has 0 aliphatic carbocycles. The largest absolute Gasteiger partial charge is 0.493 e. The fourth-order valence-electron chi connectivity index (χ4n) is 4.26. The maximum atomic E-state index is 13.6. The van der Waals surface area contributed by atoms with E-state index >= 15 is 0 Å². The first-order chi connectivity index (χ1) is 18.0. The molecule has 7 nitrogen and oxygen atoms in total. The van der Waals surface area contributed by atoms with Crippen LogP contribution in [-0.4, -0.2) is 35.3 Å². The van der Waals surface area contributed by atoms with E-state index in [4.69, 9.17) is 14.5 Å². The Labute approximate surface area is 215 Å². The number of aryl methyl sites for hydroxylation is 2. The lowest BCUT2D eigenvalue weighted by Crippen LogP contribution is -2.23. The second kappa shape index (κ2) is 10.1. The van der Waals surface area contributed by atoms with Crippen molar-refractivity contribution < 1.29 is 14.3 Å². The number of amides is 1. The van der Waals surface area contributed by atoms with Gasteiger partial charge in [-0.2, -0.15) is 5.10 Å². The molecule has 0 bridgehead atoms. The molecular formula is C30H28N4O3. The Hall–Kier alpha value is -4.65. The van der Waals surface area contributed by atoms with Crippen molar-refractivity contribution in [3.05, 3.63) is 95.1 Å². The van der Waals surface area contributed by atoms with Crippen LogP contribution in [0.15, 0.2) is 72.8 Å². The van der Waals surface area contributed by atoms with Gasteiger partial charge in [0, 0.05) is 17.7 Å². The first-order valence-corrected chi connectivity index (χ1v) is 12.0. The summed E-state index contributed by atoms with van der Waals surface area (Å²) in [6.07, 6.45) is 0. The Bertz CT molecular complexity index is 1570. The van der Waals surface area contributed by atoms with Crippen molar-refractivity contribution >= 4 is 16.9 Å². The van der Waals surface area contributed by atoms with E-state index in [0.717, 1.165) is 27.9 Å². The second-order valence-electron chi connectivity index (χ2n) is 8.96. The van der Waals surface area contributed by atoms with Gasteiger partial charge in [0.05, 0.1) is 36.6 Å². The monoisotopic (exact) mass is 492 g/mol. The highest BCUT2D eigenvalue weighted by Gasteiger charge is 2.21. The van der Waals surface area contributed by atoms with Crippen LogP contribution in [0.25, 0.3) is 33.5 Å². The minimum Gasteiger partial charge on any atom is -0.493 e. The van der Waals surface area contributed by atoms with Crippen LogP contribution in [0.4, 0.5) is 0 Å². The van der Waals surface area contributed by atoms with E-state index < -0.39 is 0 Å². The summed E-state index contributed by atoms with van der Waals surface area (Å²) in [5, 5.41) is 11.3. The van der Waals surface area contributed by atoms with Crippen LogP contribution in [-0.2, 0) is 6.54 Å². The second-order valence-corrected chi connectivity index (χ2v) is 8.96. The zero-order valence-electron chi connectivity index (χ0n) is 21.3. The van der Waals surface area contributed by atoms with E-state index in [2.05, 4.69) is 15.5 Å². The third kappa shape index (κ3) is 4.89. The molecule has 0 spiro atoms. The molecule has 186 valence electrons. The highest BCUT2D eigenvalue weighted by molar-refractivity contribution is 6.11. The lowest BCUT2D eigenvalue weighted by molar-refractivity contribution is 0.0952. The van der Waals surface area contributed by atoms with Crippen LogP contribution in [0.2, 0.25) is 0 Å². The molecule has 0 aliphatic heterocycles. The van der Waals surface area contributed by atoms with E-state index in [0.29, 0.717) is 40.3 Å². The number of fused-ring (bicyclic) bond motifs is 1. The Balaban J connectivity index is 1.61. The summed E-state index contributed by atoms with van der Waals surface area (Å²) in [4.78, 5) is 18.4. The van der Waals surface area contributed by atoms with Gasteiger partial charge >= 0.3 is 0 Å². The van der Waals surface area contributed by atoms with Crippen LogP contribution in [0, 0.1) is 13.8 Å². The van der Waals surface area contributed by atoms with Crippen LogP contribution in [0.3, 0.4) is 0 Å². The maximum Gasteiger partial charge on any atom is 0.252 e. The Morgan fingerprint density at radius 1 is 0.838 bits per heavy atom. The lowest BCUT2D eigenvalue weighted by Gasteiger charge is -2.12. The van der Waals surface area contributed by atoms with Gasteiger partial charge in [0.15, 0.2) is 17.1 Å². The van der Waals surface area contributed by atoms with E-state index in [1.807, 2.05) is 80.6 Å². The zero-order chi connectivity index (χ0) is 25.9. The molecule has 5 rings (SSSR count). The summed E-state index contributed by atoms with van der Waals surface area (Å²) in [6.45, 7) is 4.49. The molecule has 0 radical (unpaired) electrons. The van der Waals surface area contributed by atoms with E-state index in [9.17, 15) is 4.79 Å². The standard InChI is InChI=1S/C30H28N4O3/c1-18-5-9-20(10-6-18)17-31-30(35)23-16-24(22-13-14-25(36-3)26(15-22)37-4)32-29-27(23)28(33-34-29)21-11-7-19(2)8-12-21/h5-16H,17H2,1-4H3,(H,31,35)(H,32,33,34). The average molecular weight is 493 g/mol. The molecule has 5 aromatic rings. The smallest absolute Gasteiger partial charge is 0.252 e. The van der Waals surface area contributed by atoms with Gasteiger partial charge in [-0.05, 0) is 43.7 Å². The number of pyridine rings is 1. The number of rotatable bonds is 7. The molecule has 3 aromatic carbocycles. The molecule has 0 atom stereocenters. The molecule has 0 fully saturated rings. The fourth-order valence-corrected chi connectivity index (χ4v) is 4.26. The van der Waals surface area contributed by atoms with Crippen molar-refractivity contribution in [1.82, 2.24) is 20.5 Å². The number of carbonyl (C=O) groups excluding carboxylic acids is 1. The third-order valence-electron chi connectivity index (χ3n) is 6.36. The average Bonchev–Trinajstić information content (AvgIpc) is 3.36. The predicted molar refractivity (Wildman–Crippen MR) is 145 cm³/mol. The molecule has 1 amide bonds. The Morgan fingerprint density at radius 3 is 2.16 bits per heavy atom. The molecule has 2 aromatic heterocycles. The van der Waals surface area contributed by atoms with Crippen LogP contribution >= 0.6 is 0 Å². The zero-order valence-corrected chi connectivity index (χ0v) is 21.3. The van der Waals surface area contributed by atoms with Gasteiger partial charge in [-0.1, -0.05) is 59.7 Å². The Kier molecular flexibility index (Phi) is 6.60. The molecule has 2 heterocycles. The molecule has 0 saturated heterocycles. The number of nitrogens with one attached hydrogen (secondary N) is 2. The number of ether oxygens (including phenoxy) is 2. The summed E-state index contributed by atoms with van der Waals surface area (Å²) < 4.78 is 10.9. The van der Waals surface area contributed by atoms with Gasteiger partial charge in [0.1, 0.15) is 0 Å². The molecule has 0 unspecified atom stereocenters. The normalized spacial score (nSPS) is 10.9. The number of nitrogens with zero attached hydrogens (tertiary/aromatic N) is 2. The molecule has 37 heavy (non-hydrogen) atoms. The number of hydrogen-bond donors (Lipinski definition) is 2. The molecule has 2 N–H and O–H groups in total. The van der Waals surface area contributed by atoms with Crippen LogP contribution in [0.5, 0.6) is 11.5 Å². The Morgan fingerprint density at radius 2 is 1.49 bits per heavy atom. The maximum absolute atomic E-state index is 13.6. The number of H-pyrrole nitrogens is 1. The SMILES string of the molecule is COc1ccc(-c2cc(C(=O)NCc3ccc(C)cc3)c3c(-c4ccc(C)cc4)[nH]nc3n2)cc1OC. The molecule has 7 heteroatoms. The first kappa shape index (κ1) is 24.1. The summed E-state index contributed by atoms with van der Waals surface area (Å²) in [7, 11) is 3.18. The molecule has 0 aliphatic rings. The minimum atomic E-state index is -0.204. The number of benzene rings is 3. The summed E-state index contributed by atoms with van der Waals surface area (Å²) in [5.41, 5.74) is 7.38. The number of methoxy groups -OCH3 is 2. The number of aromatic amines is 1. The van der Waals surface area contributed by atoms with Gasteiger partial charge in [0.25, 0.3) is 5.91 Å². The van der Waals surface area contributed by atoms with E-state index in [1.165, 1.54) is 5.56 Å². The van der Waals surface area contributed by atoms with Crippen molar-refractivity contribution in [1.29, 1.82) is 0 Å². The van der Waals surface area contributed by atoms with Crippen molar-refractivity contribution in [2.45, 2.75) is 20.4 Å². The highest BCUT2D eigenvalue weighted by Crippen LogP contribution is 2.35. The predicted octanol–water partition coefficient (Wildman–Crippen LogP) is 5.86. The van der Waals surface area contributed by atoms with E-state index in [1.54, 1.807) is 20.3 Å². The fraction of sp³-hybridized carbons (Fsp3) is 0.167.